The minimum Gasteiger partial charge on any atom is -0.466 e. The molecule has 0 unspecified atom stereocenters. The standard InChI is InChI=1S/C21H26N2O4/c1-5-23-10-6-7-17-15(14-11-13(2)8-9-18(14)22-17)12-16(20(24)26-3)19(23)21(25)27-4/h8-9,11,22H,5-7,10,12H2,1-4H3/b19-16+. The number of likely N-dealkylation sites (N-methyl/N-ethyl adjacent to an activating group) is 1. The van der Waals surface area contributed by atoms with E-state index >= 15 is 0 Å². The van der Waals surface area contributed by atoms with E-state index in [1.165, 1.54) is 14.2 Å². The first-order valence-electron chi connectivity index (χ1n) is 9.24. The highest BCUT2D eigenvalue weighted by molar-refractivity contribution is 6.01. The number of ether oxygens (including phenoxy) is 2. The maximum absolute atomic E-state index is 12.6. The third-order valence-electron chi connectivity index (χ3n) is 5.15. The molecule has 0 spiro atoms. The molecule has 1 aromatic carbocycles. The predicted molar refractivity (Wildman–Crippen MR) is 103 cm³/mol. The van der Waals surface area contributed by atoms with Crippen molar-refractivity contribution in [2.24, 2.45) is 0 Å². The molecule has 0 aliphatic carbocycles. The second kappa shape index (κ2) is 7.86. The van der Waals surface area contributed by atoms with Gasteiger partial charge in [0.1, 0.15) is 5.70 Å². The number of hydrogen-bond acceptors (Lipinski definition) is 5. The van der Waals surface area contributed by atoms with Crippen molar-refractivity contribution in [1.29, 1.82) is 0 Å². The van der Waals surface area contributed by atoms with Gasteiger partial charge in [0.25, 0.3) is 0 Å². The van der Waals surface area contributed by atoms with Crippen LogP contribution in [0, 0.1) is 6.92 Å². The number of aryl methyl sites for hydroxylation is 2. The van der Waals surface area contributed by atoms with Crippen molar-refractivity contribution in [2.75, 3.05) is 27.3 Å². The third-order valence-corrected chi connectivity index (χ3v) is 5.15. The molecular weight excluding hydrogens is 344 g/mol. The summed E-state index contributed by atoms with van der Waals surface area (Å²) < 4.78 is 10.0. The van der Waals surface area contributed by atoms with Crippen LogP contribution in [0.2, 0.25) is 0 Å². The Kier molecular flexibility index (Phi) is 5.54. The molecule has 144 valence electrons. The van der Waals surface area contributed by atoms with Crippen LogP contribution in [-0.2, 0) is 31.9 Å². The molecule has 27 heavy (non-hydrogen) atoms. The van der Waals surface area contributed by atoms with Crippen molar-refractivity contribution < 1.29 is 19.1 Å². The molecule has 0 saturated heterocycles. The number of esters is 2. The van der Waals surface area contributed by atoms with E-state index in [0.29, 0.717) is 30.8 Å². The van der Waals surface area contributed by atoms with Crippen molar-refractivity contribution in [2.45, 2.75) is 33.1 Å². The predicted octanol–water partition coefficient (Wildman–Crippen LogP) is 2.89. The summed E-state index contributed by atoms with van der Waals surface area (Å²) in [6.45, 7) is 5.28. The highest BCUT2D eigenvalue weighted by Crippen LogP contribution is 2.30. The minimum atomic E-state index is -0.503. The number of hydrogen-bond donors (Lipinski definition) is 1. The number of methoxy groups -OCH3 is 2. The lowest BCUT2D eigenvalue weighted by Gasteiger charge is -2.25. The van der Waals surface area contributed by atoms with Crippen LogP contribution in [0.25, 0.3) is 10.9 Å². The van der Waals surface area contributed by atoms with Gasteiger partial charge in [-0.2, -0.15) is 0 Å². The average molecular weight is 370 g/mol. The van der Waals surface area contributed by atoms with Crippen LogP contribution in [0.3, 0.4) is 0 Å². The van der Waals surface area contributed by atoms with Crippen LogP contribution in [0.1, 0.15) is 30.2 Å². The van der Waals surface area contributed by atoms with Gasteiger partial charge in [0.2, 0.25) is 0 Å². The summed E-state index contributed by atoms with van der Waals surface area (Å²) in [4.78, 5) is 30.6. The molecule has 2 heterocycles. The molecule has 0 radical (unpaired) electrons. The zero-order valence-corrected chi connectivity index (χ0v) is 16.3. The Hall–Kier alpha value is -2.76. The van der Waals surface area contributed by atoms with Gasteiger partial charge in [-0.25, -0.2) is 9.59 Å². The zero-order chi connectivity index (χ0) is 19.6. The quantitative estimate of drug-likeness (QED) is 0.841. The van der Waals surface area contributed by atoms with E-state index in [1.807, 2.05) is 18.7 Å². The van der Waals surface area contributed by atoms with E-state index in [-0.39, 0.29) is 0 Å². The first kappa shape index (κ1) is 19.0. The van der Waals surface area contributed by atoms with Crippen molar-refractivity contribution >= 4 is 22.8 Å². The number of fused-ring (bicyclic) bond motifs is 3. The topological polar surface area (TPSA) is 71.6 Å². The van der Waals surface area contributed by atoms with Crippen molar-refractivity contribution in [3.05, 3.63) is 46.3 Å². The summed E-state index contributed by atoms with van der Waals surface area (Å²) in [5.74, 6) is -1.000. The molecule has 1 aliphatic heterocycles. The van der Waals surface area contributed by atoms with Gasteiger partial charge in [-0.15, -0.1) is 0 Å². The number of nitrogens with zero attached hydrogens (tertiary/aromatic N) is 1. The number of rotatable bonds is 3. The Labute approximate surface area is 159 Å². The first-order valence-corrected chi connectivity index (χ1v) is 9.24. The van der Waals surface area contributed by atoms with Gasteiger partial charge in [0.05, 0.1) is 19.8 Å². The molecule has 0 fully saturated rings. The lowest BCUT2D eigenvalue weighted by molar-refractivity contribution is -0.140. The molecule has 2 aromatic rings. The van der Waals surface area contributed by atoms with Crippen LogP contribution in [0.15, 0.2) is 29.5 Å². The number of carbonyl (C=O) groups is 2. The Balaban J connectivity index is 2.25. The minimum absolute atomic E-state index is 0.307. The fourth-order valence-corrected chi connectivity index (χ4v) is 3.80. The van der Waals surface area contributed by atoms with Crippen LogP contribution in [0.4, 0.5) is 0 Å². The molecule has 1 N–H and O–H groups in total. The molecule has 0 saturated carbocycles. The van der Waals surface area contributed by atoms with Crippen molar-refractivity contribution in [3.8, 4) is 0 Å². The highest BCUT2D eigenvalue weighted by atomic mass is 16.5. The molecule has 3 rings (SSSR count). The molecule has 1 aromatic heterocycles. The summed E-state index contributed by atoms with van der Waals surface area (Å²) in [5.41, 5.74) is 5.00. The van der Waals surface area contributed by atoms with Crippen LogP contribution < -0.4 is 0 Å². The van der Waals surface area contributed by atoms with Gasteiger partial charge in [-0.3, -0.25) is 0 Å². The maximum Gasteiger partial charge on any atom is 0.354 e. The lowest BCUT2D eigenvalue weighted by atomic mass is 9.98. The van der Waals surface area contributed by atoms with Gasteiger partial charge in [0.15, 0.2) is 0 Å². The maximum atomic E-state index is 12.6. The number of carbonyl (C=O) groups excluding carboxylic acids is 2. The van der Waals surface area contributed by atoms with Gasteiger partial charge in [-0.1, -0.05) is 11.6 Å². The summed E-state index contributed by atoms with van der Waals surface area (Å²) in [6.07, 6.45) is 2.04. The third kappa shape index (κ3) is 3.56. The SMILES string of the molecule is CCN1CCCc2[nH]c3ccc(C)cc3c2C/C(C(=O)OC)=C\1C(=O)OC. The summed E-state index contributed by atoms with van der Waals surface area (Å²) in [6, 6.07) is 6.24. The molecule has 6 heteroatoms. The smallest absolute Gasteiger partial charge is 0.354 e. The lowest BCUT2D eigenvalue weighted by Crippen LogP contribution is -2.32. The summed E-state index contributed by atoms with van der Waals surface area (Å²) in [7, 11) is 2.68. The largest absolute Gasteiger partial charge is 0.466 e. The normalized spacial score (nSPS) is 17.7. The van der Waals surface area contributed by atoms with Crippen LogP contribution in [0.5, 0.6) is 0 Å². The molecule has 0 bridgehead atoms. The average Bonchev–Trinajstić information content (AvgIpc) is 3.03. The molecule has 1 aliphatic rings. The van der Waals surface area contributed by atoms with E-state index in [9.17, 15) is 9.59 Å². The van der Waals surface area contributed by atoms with E-state index < -0.39 is 11.9 Å². The second-order valence-corrected chi connectivity index (χ2v) is 6.80. The fourth-order valence-electron chi connectivity index (χ4n) is 3.80. The number of aromatic nitrogens is 1. The van der Waals surface area contributed by atoms with E-state index in [0.717, 1.165) is 40.6 Å². The Morgan fingerprint density at radius 1 is 1.19 bits per heavy atom. The molecule has 0 amide bonds. The summed E-state index contributed by atoms with van der Waals surface area (Å²) >= 11 is 0. The van der Waals surface area contributed by atoms with Crippen LogP contribution >= 0.6 is 0 Å². The Bertz CT molecular complexity index is 910. The molecular formula is C21H26N2O4. The van der Waals surface area contributed by atoms with Crippen LogP contribution in [-0.4, -0.2) is 49.1 Å². The van der Waals surface area contributed by atoms with E-state index in [2.05, 4.69) is 23.2 Å². The number of aromatic amines is 1. The zero-order valence-electron chi connectivity index (χ0n) is 16.3. The highest BCUT2D eigenvalue weighted by Gasteiger charge is 2.29. The van der Waals surface area contributed by atoms with E-state index in [1.54, 1.807) is 0 Å². The van der Waals surface area contributed by atoms with Gasteiger partial charge >= 0.3 is 11.9 Å². The Morgan fingerprint density at radius 3 is 2.59 bits per heavy atom. The van der Waals surface area contributed by atoms with Gasteiger partial charge < -0.3 is 19.4 Å². The van der Waals surface area contributed by atoms with Crippen molar-refractivity contribution in [1.82, 2.24) is 9.88 Å². The second-order valence-electron chi connectivity index (χ2n) is 6.80. The number of benzene rings is 1. The van der Waals surface area contributed by atoms with E-state index in [4.69, 9.17) is 9.47 Å². The monoisotopic (exact) mass is 370 g/mol. The first-order chi connectivity index (χ1) is 13.0. The number of nitrogens with one attached hydrogen (secondary N) is 1. The Morgan fingerprint density at radius 2 is 1.93 bits per heavy atom. The molecule has 0 atom stereocenters. The summed E-state index contributed by atoms with van der Waals surface area (Å²) in [5, 5.41) is 1.08. The number of H-pyrrole nitrogens is 1. The van der Waals surface area contributed by atoms with Gasteiger partial charge in [-0.05, 0) is 44.4 Å². The van der Waals surface area contributed by atoms with Gasteiger partial charge in [0, 0.05) is 36.1 Å². The fraction of sp³-hybridized carbons (Fsp3) is 0.429. The van der Waals surface area contributed by atoms with Crippen molar-refractivity contribution in [3.63, 3.8) is 0 Å². The molecule has 6 nitrogen and oxygen atoms in total.